The van der Waals surface area contributed by atoms with Gasteiger partial charge in [0, 0.05) is 5.92 Å². The number of hydrogen-bond acceptors (Lipinski definition) is 3. The lowest BCUT2D eigenvalue weighted by molar-refractivity contribution is 0.340. The van der Waals surface area contributed by atoms with Crippen LogP contribution >= 0.6 is 11.6 Å². The van der Waals surface area contributed by atoms with Crippen molar-refractivity contribution in [1.29, 1.82) is 0 Å². The average Bonchev–Trinajstić information content (AvgIpc) is 2.57. The van der Waals surface area contributed by atoms with Crippen molar-refractivity contribution >= 4 is 11.6 Å². The molecular formula is C20H26ClNO2. The van der Waals surface area contributed by atoms with Gasteiger partial charge in [-0.1, -0.05) is 23.7 Å². The van der Waals surface area contributed by atoms with Gasteiger partial charge in [0.05, 0.1) is 18.7 Å². The topological polar surface area (TPSA) is 44.5 Å². The number of rotatable bonds is 7. The van der Waals surface area contributed by atoms with Crippen LogP contribution in [0.5, 0.6) is 11.5 Å². The fraction of sp³-hybridized carbons (Fsp3) is 0.400. The van der Waals surface area contributed by atoms with E-state index in [1.807, 2.05) is 25.1 Å². The molecule has 0 aromatic heterocycles. The van der Waals surface area contributed by atoms with Gasteiger partial charge in [-0.25, -0.2) is 0 Å². The van der Waals surface area contributed by atoms with Crippen LogP contribution < -0.4 is 15.2 Å². The SMILES string of the molecule is CCOc1ccc(CC(CN)c2cc(C)c(C)cc2OC)cc1Cl. The van der Waals surface area contributed by atoms with E-state index in [9.17, 15) is 0 Å². The summed E-state index contributed by atoms with van der Waals surface area (Å²) in [6.45, 7) is 7.29. The zero-order valence-corrected chi connectivity index (χ0v) is 15.6. The largest absolute Gasteiger partial charge is 0.496 e. The summed E-state index contributed by atoms with van der Waals surface area (Å²) in [5.41, 5.74) is 10.8. The Kier molecular flexibility index (Phi) is 6.52. The van der Waals surface area contributed by atoms with Gasteiger partial charge in [0.25, 0.3) is 0 Å². The summed E-state index contributed by atoms with van der Waals surface area (Å²) in [6, 6.07) is 10.2. The molecule has 2 aromatic rings. The van der Waals surface area contributed by atoms with E-state index in [1.54, 1.807) is 7.11 Å². The molecular weight excluding hydrogens is 322 g/mol. The lowest BCUT2D eigenvalue weighted by Crippen LogP contribution is -2.16. The summed E-state index contributed by atoms with van der Waals surface area (Å²) >= 11 is 6.30. The van der Waals surface area contributed by atoms with E-state index in [-0.39, 0.29) is 5.92 Å². The molecule has 0 saturated heterocycles. The molecule has 0 saturated carbocycles. The summed E-state index contributed by atoms with van der Waals surface area (Å²) < 4.78 is 11.1. The van der Waals surface area contributed by atoms with Gasteiger partial charge in [-0.15, -0.1) is 0 Å². The third-order valence-corrected chi connectivity index (χ3v) is 4.64. The monoisotopic (exact) mass is 347 g/mol. The predicted octanol–water partition coefficient (Wildman–Crippen LogP) is 4.65. The summed E-state index contributed by atoms with van der Waals surface area (Å²) in [4.78, 5) is 0. The maximum atomic E-state index is 6.30. The molecule has 2 N–H and O–H groups in total. The molecule has 1 atom stereocenters. The van der Waals surface area contributed by atoms with E-state index in [0.29, 0.717) is 18.2 Å². The molecule has 3 nitrogen and oxygen atoms in total. The van der Waals surface area contributed by atoms with Crippen LogP contribution in [0.3, 0.4) is 0 Å². The third kappa shape index (κ3) is 4.22. The highest BCUT2D eigenvalue weighted by molar-refractivity contribution is 6.32. The highest BCUT2D eigenvalue weighted by Crippen LogP contribution is 2.33. The Bertz CT molecular complexity index is 700. The van der Waals surface area contributed by atoms with E-state index < -0.39 is 0 Å². The Morgan fingerprint density at radius 1 is 1.08 bits per heavy atom. The summed E-state index contributed by atoms with van der Waals surface area (Å²) in [7, 11) is 1.70. The van der Waals surface area contributed by atoms with Gasteiger partial charge in [-0.3, -0.25) is 0 Å². The van der Waals surface area contributed by atoms with Crippen LogP contribution in [0.2, 0.25) is 5.02 Å². The first-order chi connectivity index (χ1) is 11.5. The zero-order valence-electron chi connectivity index (χ0n) is 14.9. The molecule has 0 heterocycles. The molecule has 0 spiro atoms. The number of methoxy groups -OCH3 is 1. The molecule has 0 radical (unpaired) electrons. The minimum absolute atomic E-state index is 0.174. The lowest BCUT2D eigenvalue weighted by atomic mass is 9.89. The number of hydrogen-bond donors (Lipinski definition) is 1. The highest BCUT2D eigenvalue weighted by atomic mass is 35.5. The molecule has 4 heteroatoms. The van der Waals surface area contributed by atoms with E-state index in [1.165, 1.54) is 11.1 Å². The minimum Gasteiger partial charge on any atom is -0.496 e. The van der Waals surface area contributed by atoms with E-state index in [2.05, 4.69) is 26.0 Å². The quantitative estimate of drug-likeness (QED) is 0.792. The van der Waals surface area contributed by atoms with Crippen molar-refractivity contribution in [3.05, 3.63) is 57.6 Å². The molecule has 0 amide bonds. The van der Waals surface area contributed by atoms with Gasteiger partial charge in [-0.2, -0.15) is 0 Å². The molecule has 0 aliphatic heterocycles. The Hall–Kier alpha value is -1.71. The predicted molar refractivity (Wildman–Crippen MR) is 101 cm³/mol. The van der Waals surface area contributed by atoms with Crippen LogP contribution in [0, 0.1) is 13.8 Å². The van der Waals surface area contributed by atoms with Crippen molar-refractivity contribution in [2.45, 2.75) is 33.1 Å². The molecule has 0 aliphatic carbocycles. The van der Waals surface area contributed by atoms with Crippen molar-refractivity contribution in [2.75, 3.05) is 20.3 Å². The number of benzene rings is 2. The normalized spacial score (nSPS) is 12.1. The highest BCUT2D eigenvalue weighted by Gasteiger charge is 2.17. The second-order valence-electron chi connectivity index (χ2n) is 6.01. The molecule has 24 heavy (non-hydrogen) atoms. The van der Waals surface area contributed by atoms with Crippen LogP contribution in [-0.4, -0.2) is 20.3 Å². The zero-order chi connectivity index (χ0) is 17.7. The van der Waals surface area contributed by atoms with E-state index in [0.717, 1.165) is 29.0 Å². The molecule has 2 aromatic carbocycles. The van der Waals surface area contributed by atoms with Gasteiger partial charge in [0.15, 0.2) is 0 Å². The van der Waals surface area contributed by atoms with Crippen LogP contribution in [-0.2, 0) is 6.42 Å². The van der Waals surface area contributed by atoms with Gasteiger partial charge in [0.2, 0.25) is 0 Å². The van der Waals surface area contributed by atoms with Crippen molar-refractivity contribution in [3.8, 4) is 11.5 Å². The minimum atomic E-state index is 0.174. The van der Waals surface area contributed by atoms with Crippen molar-refractivity contribution in [2.24, 2.45) is 5.73 Å². The second-order valence-corrected chi connectivity index (χ2v) is 6.42. The summed E-state index contributed by atoms with van der Waals surface area (Å²) in [5, 5.41) is 0.636. The molecule has 0 fully saturated rings. The van der Waals surface area contributed by atoms with Crippen molar-refractivity contribution in [3.63, 3.8) is 0 Å². The fourth-order valence-electron chi connectivity index (χ4n) is 2.86. The Morgan fingerprint density at radius 2 is 1.79 bits per heavy atom. The van der Waals surface area contributed by atoms with Crippen molar-refractivity contribution < 1.29 is 9.47 Å². The standard InChI is InChI=1S/C20H26ClNO2/c1-5-24-19-7-6-15(11-18(19)21)10-16(12-22)17-8-13(2)14(3)9-20(17)23-4/h6-9,11,16H,5,10,12,22H2,1-4H3. The second kappa shape index (κ2) is 8.41. The van der Waals surface area contributed by atoms with Gasteiger partial charge in [-0.05, 0) is 74.2 Å². The van der Waals surface area contributed by atoms with E-state index >= 15 is 0 Å². The number of nitrogens with two attached hydrogens (primary N) is 1. The third-order valence-electron chi connectivity index (χ3n) is 4.35. The first-order valence-electron chi connectivity index (χ1n) is 8.26. The molecule has 1 unspecified atom stereocenters. The molecule has 2 rings (SSSR count). The van der Waals surface area contributed by atoms with Crippen LogP contribution in [0.15, 0.2) is 30.3 Å². The van der Waals surface area contributed by atoms with Gasteiger partial charge >= 0.3 is 0 Å². The Balaban J connectivity index is 2.30. The first kappa shape index (κ1) is 18.6. The summed E-state index contributed by atoms with van der Waals surface area (Å²) in [6.07, 6.45) is 0.807. The summed E-state index contributed by atoms with van der Waals surface area (Å²) in [5.74, 6) is 1.79. The molecule has 0 aliphatic rings. The number of ether oxygens (including phenoxy) is 2. The van der Waals surface area contributed by atoms with Crippen LogP contribution in [0.1, 0.15) is 35.1 Å². The smallest absolute Gasteiger partial charge is 0.137 e. The fourth-order valence-corrected chi connectivity index (χ4v) is 3.11. The number of halogens is 1. The first-order valence-corrected chi connectivity index (χ1v) is 8.64. The number of aryl methyl sites for hydroxylation is 2. The van der Waals surface area contributed by atoms with Gasteiger partial charge in [0.1, 0.15) is 11.5 Å². The average molecular weight is 348 g/mol. The van der Waals surface area contributed by atoms with Crippen LogP contribution in [0.25, 0.3) is 0 Å². The lowest BCUT2D eigenvalue weighted by Gasteiger charge is -2.20. The van der Waals surface area contributed by atoms with E-state index in [4.69, 9.17) is 26.8 Å². The maximum absolute atomic E-state index is 6.30. The Morgan fingerprint density at radius 3 is 2.38 bits per heavy atom. The Labute approximate surface area is 149 Å². The molecule has 0 bridgehead atoms. The van der Waals surface area contributed by atoms with Gasteiger partial charge < -0.3 is 15.2 Å². The molecule has 130 valence electrons. The van der Waals surface area contributed by atoms with Crippen molar-refractivity contribution in [1.82, 2.24) is 0 Å². The van der Waals surface area contributed by atoms with Crippen LogP contribution in [0.4, 0.5) is 0 Å². The maximum Gasteiger partial charge on any atom is 0.137 e.